The van der Waals surface area contributed by atoms with Gasteiger partial charge in [-0.25, -0.2) is 4.57 Å². The molecule has 0 spiro atoms. The van der Waals surface area contributed by atoms with Crippen LogP contribution in [-0.4, -0.2) is 82.2 Å². The van der Waals surface area contributed by atoms with Crippen LogP contribution >= 0.6 is 7.82 Å². The van der Waals surface area contributed by atoms with Crippen molar-refractivity contribution in [3.05, 3.63) is 30.0 Å². The van der Waals surface area contributed by atoms with E-state index in [1.807, 2.05) is 12.1 Å². The second-order valence-corrected chi connectivity index (χ2v) is 12.5. The zero-order chi connectivity index (χ0) is 30.0. The highest BCUT2D eigenvalue weighted by atomic mass is 31.2. The van der Waals surface area contributed by atoms with Crippen LogP contribution < -0.4 is 10.1 Å². The van der Waals surface area contributed by atoms with Gasteiger partial charge in [0.2, 0.25) is 5.91 Å². The molecule has 3 aliphatic rings. The first-order valence-electron chi connectivity index (χ1n) is 14.2. The summed E-state index contributed by atoms with van der Waals surface area (Å²) in [6, 6.07) is 5.30. The first-order valence-corrected chi connectivity index (χ1v) is 15.7. The quantitative estimate of drug-likeness (QED) is 0.159. The van der Waals surface area contributed by atoms with Crippen LogP contribution in [0.25, 0.3) is 10.9 Å². The third-order valence-electron chi connectivity index (χ3n) is 8.70. The highest BCUT2D eigenvalue weighted by Crippen LogP contribution is 2.43. The first-order chi connectivity index (χ1) is 20.1. The molecule has 2 heterocycles. The molecule has 42 heavy (non-hydrogen) atoms. The Balaban J connectivity index is 1.34. The van der Waals surface area contributed by atoms with E-state index in [0.717, 1.165) is 30.2 Å². The number of carbonyl (C=O) groups excluding carboxylic acids is 4. The fourth-order valence-electron chi connectivity index (χ4n) is 6.72. The number of benzene rings is 1. The number of nitrogens with one attached hydrogen (secondary N) is 2. The van der Waals surface area contributed by atoms with Gasteiger partial charge in [0.15, 0.2) is 12.6 Å². The number of fused-ring (bicyclic) bond motifs is 2. The van der Waals surface area contributed by atoms with E-state index >= 15 is 0 Å². The van der Waals surface area contributed by atoms with Crippen LogP contribution in [0, 0.1) is 17.8 Å². The zero-order valence-corrected chi connectivity index (χ0v) is 24.2. The molecular weight excluding hydrogens is 569 g/mol. The van der Waals surface area contributed by atoms with Gasteiger partial charge in [-0.1, -0.05) is 12.5 Å². The number of methoxy groups -OCH3 is 1. The number of ether oxygens (including phenoxy) is 2. The number of aromatic nitrogens is 1. The average molecular weight is 606 g/mol. The van der Waals surface area contributed by atoms with Gasteiger partial charge < -0.3 is 34.5 Å². The Morgan fingerprint density at radius 3 is 2.71 bits per heavy atom. The number of phosphoric ester groups is 1. The van der Waals surface area contributed by atoms with E-state index in [0.29, 0.717) is 37.3 Å². The minimum Gasteiger partial charge on any atom is -0.496 e. The van der Waals surface area contributed by atoms with Crippen molar-refractivity contribution in [1.82, 2.24) is 15.2 Å². The number of rotatable bonds is 12. The van der Waals surface area contributed by atoms with Crippen molar-refractivity contribution in [2.45, 2.75) is 57.0 Å². The molecule has 13 nitrogen and oxygen atoms in total. The van der Waals surface area contributed by atoms with E-state index < -0.39 is 50.9 Å². The summed E-state index contributed by atoms with van der Waals surface area (Å²) in [6.07, 6.45) is 4.41. The maximum atomic E-state index is 13.9. The van der Waals surface area contributed by atoms with Gasteiger partial charge in [0.25, 0.3) is 5.91 Å². The number of phosphoric acid groups is 1. The van der Waals surface area contributed by atoms with Crippen LogP contribution in [0.15, 0.2) is 24.3 Å². The number of H-pyrrole nitrogens is 1. The molecular formula is C28H36N3O10P. The summed E-state index contributed by atoms with van der Waals surface area (Å²) in [7, 11) is -3.23. The van der Waals surface area contributed by atoms with Crippen LogP contribution in [0.2, 0.25) is 0 Å². The first kappa shape index (κ1) is 30.4. The third kappa shape index (κ3) is 6.60. The molecule has 2 aliphatic carbocycles. The molecule has 3 fully saturated rings. The lowest BCUT2D eigenvalue weighted by atomic mass is 9.91. The topological polar surface area (TPSA) is 185 Å². The SMILES string of the molecule is COc1cccc2[nH]c(C(=O)N3C[C@@H]4CCC[C@@H]4[C@H]3C(=O)N[C@@H](C[C@@H]3CCCC3=O)C(=O)COCOP(=O)(O)O)cc12. The molecule has 228 valence electrons. The molecule has 4 N–H and O–H groups in total. The van der Waals surface area contributed by atoms with Gasteiger partial charge in [-0.2, -0.15) is 0 Å². The smallest absolute Gasteiger partial charge is 0.471 e. The standard InChI is InChI=1S/C28H36N3O10P/c1-39-25-10-4-8-20-19(25)12-22(29-20)28(35)31-13-17-6-2-7-18(17)26(31)27(34)30-21(11-16-5-3-9-23(16)32)24(33)14-40-15-41-42(36,37)38/h4,8,10,12,16-18,21,26,29H,2-3,5-7,9,11,13-15H2,1H3,(H,30,34)(H2,36,37,38)/t16-,17-,18-,21-,26-/m0/s1. The molecule has 0 bridgehead atoms. The van der Waals surface area contributed by atoms with Crippen molar-refractivity contribution in [1.29, 1.82) is 0 Å². The van der Waals surface area contributed by atoms with Gasteiger partial charge >= 0.3 is 7.82 Å². The fraction of sp³-hybridized carbons (Fsp3) is 0.571. The number of hydrogen-bond donors (Lipinski definition) is 4. The second kappa shape index (κ2) is 12.6. The minimum absolute atomic E-state index is 0.0237. The predicted octanol–water partition coefficient (Wildman–Crippen LogP) is 2.31. The van der Waals surface area contributed by atoms with Gasteiger partial charge in [0, 0.05) is 29.8 Å². The average Bonchev–Trinajstić information content (AvgIpc) is 3.73. The molecule has 1 aromatic carbocycles. The summed E-state index contributed by atoms with van der Waals surface area (Å²) in [5.74, 6) is -1.02. The Kier molecular flexibility index (Phi) is 9.14. The van der Waals surface area contributed by atoms with Gasteiger partial charge in [-0.3, -0.25) is 23.7 Å². The van der Waals surface area contributed by atoms with Crippen LogP contribution in [0.1, 0.15) is 55.4 Å². The van der Waals surface area contributed by atoms with Crippen molar-refractivity contribution in [3.63, 3.8) is 0 Å². The Morgan fingerprint density at radius 2 is 2.00 bits per heavy atom. The van der Waals surface area contributed by atoms with Crippen molar-refractivity contribution < 1.29 is 47.5 Å². The predicted molar refractivity (Wildman–Crippen MR) is 148 cm³/mol. The van der Waals surface area contributed by atoms with E-state index in [9.17, 15) is 23.7 Å². The van der Waals surface area contributed by atoms with Crippen LogP contribution in [-0.2, 0) is 28.2 Å². The fourth-order valence-corrected chi connectivity index (χ4v) is 6.94. The number of aromatic amines is 1. The van der Waals surface area contributed by atoms with Gasteiger partial charge in [-0.15, -0.1) is 0 Å². The lowest BCUT2D eigenvalue weighted by molar-refractivity contribution is -0.135. The van der Waals surface area contributed by atoms with E-state index in [1.165, 1.54) is 0 Å². The molecule has 0 unspecified atom stereocenters. The van der Waals surface area contributed by atoms with Gasteiger partial charge in [-0.05, 0) is 62.1 Å². The molecule has 2 saturated carbocycles. The summed E-state index contributed by atoms with van der Waals surface area (Å²) < 4.78 is 25.6. The molecule has 0 radical (unpaired) electrons. The second-order valence-electron chi connectivity index (χ2n) is 11.3. The Morgan fingerprint density at radius 1 is 1.19 bits per heavy atom. The van der Waals surface area contributed by atoms with E-state index in [2.05, 4.69) is 14.8 Å². The van der Waals surface area contributed by atoms with Crippen LogP contribution in [0.5, 0.6) is 5.75 Å². The molecule has 2 aromatic rings. The maximum Gasteiger partial charge on any atom is 0.471 e. The van der Waals surface area contributed by atoms with E-state index in [4.69, 9.17) is 19.3 Å². The number of likely N-dealkylation sites (tertiary alicyclic amines) is 1. The number of nitrogens with zero attached hydrogens (tertiary/aromatic N) is 1. The number of amides is 2. The number of Topliss-reactive ketones (excluding diaryl/α,β-unsaturated/α-hetero) is 2. The monoisotopic (exact) mass is 605 g/mol. The highest BCUT2D eigenvalue weighted by Gasteiger charge is 2.50. The van der Waals surface area contributed by atoms with Crippen molar-refractivity contribution in [3.8, 4) is 5.75 Å². The molecule has 1 aromatic heterocycles. The van der Waals surface area contributed by atoms with Gasteiger partial charge in [0.05, 0.1) is 13.2 Å². The van der Waals surface area contributed by atoms with Crippen LogP contribution in [0.4, 0.5) is 0 Å². The van der Waals surface area contributed by atoms with Gasteiger partial charge in [0.1, 0.15) is 29.9 Å². The molecule has 2 amide bonds. The minimum atomic E-state index is -4.78. The molecule has 1 aliphatic heterocycles. The Labute approximate surface area is 242 Å². The summed E-state index contributed by atoms with van der Waals surface area (Å²) >= 11 is 0. The number of ketones is 2. The normalized spacial score (nSPS) is 24.6. The van der Waals surface area contributed by atoms with Crippen molar-refractivity contribution in [2.24, 2.45) is 17.8 Å². The Hall–Kier alpha value is -3.09. The third-order valence-corrected chi connectivity index (χ3v) is 9.14. The molecule has 1 saturated heterocycles. The molecule has 5 atom stereocenters. The van der Waals surface area contributed by atoms with E-state index in [-0.39, 0.29) is 29.9 Å². The summed E-state index contributed by atoms with van der Waals surface area (Å²) in [4.78, 5) is 75.6. The highest BCUT2D eigenvalue weighted by molar-refractivity contribution is 7.46. The van der Waals surface area contributed by atoms with Crippen molar-refractivity contribution >= 4 is 42.1 Å². The lowest BCUT2D eigenvalue weighted by Gasteiger charge is -2.29. The molecule has 5 rings (SSSR count). The zero-order valence-electron chi connectivity index (χ0n) is 23.3. The number of hydrogen-bond acceptors (Lipinski definition) is 8. The summed E-state index contributed by atoms with van der Waals surface area (Å²) in [6.45, 7) is -0.984. The van der Waals surface area contributed by atoms with Crippen LogP contribution in [0.3, 0.4) is 0 Å². The maximum absolute atomic E-state index is 13.9. The summed E-state index contributed by atoms with van der Waals surface area (Å²) in [5.41, 5.74) is 1.06. The Bertz CT molecular complexity index is 1400. The van der Waals surface area contributed by atoms with Crippen molar-refractivity contribution in [2.75, 3.05) is 27.1 Å². The summed E-state index contributed by atoms with van der Waals surface area (Å²) in [5, 5.41) is 3.57. The molecule has 14 heteroatoms. The lowest BCUT2D eigenvalue weighted by Crippen LogP contribution is -2.53. The largest absolute Gasteiger partial charge is 0.496 e. The number of carbonyl (C=O) groups is 4. The van der Waals surface area contributed by atoms with E-state index in [1.54, 1.807) is 24.1 Å².